The lowest BCUT2D eigenvalue weighted by Gasteiger charge is -2.37. The Morgan fingerprint density at radius 2 is 1.79 bits per heavy atom. The second-order valence-corrected chi connectivity index (χ2v) is 13.0. The van der Waals surface area contributed by atoms with E-state index in [1.54, 1.807) is 11.8 Å². The van der Waals surface area contributed by atoms with Crippen molar-refractivity contribution in [1.29, 1.82) is 0 Å². The summed E-state index contributed by atoms with van der Waals surface area (Å²) in [6, 6.07) is 21.6. The van der Waals surface area contributed by atoms with Crippen LogP contribution in [0.3, 0.4) is 0 Å². The van der Waals surface area contributed by atoms with Crippen molar-refractivity contribution in [3.05, 3.63) is 90.3 Å². The van der Waals surface area contributed by atoms with Crippen LogP contribution >= 0.6 is 11.8 Å². The molecule has 2 heterocycles. The quantitative estimate of drug-likeness (QED) is 0.183. The molecule has 0 saturated carbocycles. The average Bonchev–Trinajstić information content (AvgIpc) is 3.51. The van der Waals surface area contributed by atoms with Gasteiger partial charge in [-0.15, -0.1) is 18.3 Å². The Morgan fingerprint density at radius 1 is 1.06 bits per heavy atom. The van der Waals surface area contributed by atoms with Gasteiger partial charge in [0, 0.05) is 29.1 Å². The number of nitrogens with one attached hydrogen (secondary N) is 1. The highest BCUT2D eigenvalue weighted by molar-refractivity contribution is 8.14. The number of benzene rings is 3. The predicted octanol–water partition coefficient (Wildman–Crippen LogP) is 8.77. The Labute approximate surface area is 277 Å². The number of aliphatic imine (C=N–C) groups is 1. The fourth-order valence-corrected chi connectivity index (χ4v) is 6.69. The van der Waals surface area contributed by atoms with Crippen molar-refractivity contribution >= 4 is 28.6 Å². The SMILES string of the molecule is CC(CCCc1ccc(-c2ncn(-c3ccc(OC(F)(F)F)cc3)n2)cc1)NC(=O)/N=C1\SCCC(C)N1c1ccccc1C(C)C. The topological polar surface area (TPSA) is 84.6 Å². The number of hydrogen-bond acceptors (Lipinski definition) is 5. The molecule has 3 aromatic carbocycles. The van der Waals surface area contributed by atoms with Crippen molar-refractivity contribution < 1.29 is 22.7 Å². The molecule has 12 heteroatoms. The number of ether oxygens (including phenoxy) is 1. The molecule has 5 rings (SSSR count). The Kier molecular flexibility index (Phi) is 10.9. The highest BCUT2D eigenvalue weighted by Crippen LogP contribution is 2.34. The number of amides is 2. The van der Waals surface area contributed by atoms with Gasteiger partial charge in [0.05, 0.1) is 5.69 Å². The number of alkyl halides is 3. The van der Waals surface area contributed by atoms with E-state index in [0.29, 0.717) is 17.4 Å². The van der Waals surface area contributed by atoms with Gasteiger partial charge in [0.1, 0.15) is 12.1 Å². The fourth-order valence-electron chi connectivity index (χ4n) is 5.48. The number of aromatic nitrogens is 3. The summed E-state index contributed by atoms with van der Waals surface area (Å²) in [6.07, 6.45) is 0.332. The minimum atomic E-state index is -4.74. The third-order valence-corrected chi connectivity index (χ3v) is 8.93. The van der Waals surface area contributed by atoms with Gasteiger partial charge in [0.25, 0.3) is 0 Å². The highest BCUT2D eigenvalue weighted by atomic mass is 32.2. The lowest BCUT2D eigenvalue weighted by Crippen LogP contribution is -2.43. The van der Waals surface area contributed by atoms with Gasteiger partial charge in [-0.05, 0) is 86.9 Å². The lowest BCUT2D eigenvalue weighted by molar-refractivity contribution is -0.274. The lowest BCUT2D eigenvalue weighted by atomic mass is 9.99. The molecule has 0 bridgehead atoms. The van der Waals surface area contributed by atoms with Crippen LogP contribution in [0, 0.1) is 0 Å². The molecule has 1 aliphatic rings. The first kappa shape index (κ1) is 34.0. The molecule has 47 heavy (non-hydrogen) atoms. The van der Waals surface area contributed by atoms with E-state index in [9.17, 15) is 18.0 Å². The van der Waals surface area contributed by atoms with E-state index >= 15 is 0 Å². The van der Waals surface area contributed by atoms with Gasteiger partial charge in [-0.3, -0.25) is 0 Å². The van der Waals surface area contributed by atoms with E-state index in [-0.39, 0.29) is 23.9 Å². The van der Waals surface area contributed by atoms with Crippen molar-refractivity contribution in [3.8, 4) is 22.8 Å². The van der Waals surface area contributed by atoms with E-state index in [4.69, 9.17) is 0 Å². The van der Waals surface area contributed by atoms with E-state index in [2.05, 4.69) is 69.0 Å². The molecule has 1 saturated heterocycles. The molecule has 248 valence electrons. The van der Waals surface area contributed by atoms with Gasteiger partial charge < -0.3 is 15.0 Å². The van der Waals surface area contributed by atoms with E-state index in [1.807, 2.05) is 37.3 Å². The maximum atomic E-state index is 13.0. The molecule has 2 amide bonds. The van der Waals surface area contributed by atoms with Crippen LogP contribution < -0.4 is 15.0 Å². The van der Waals surface area contributed by atoms with Crippen molar-refractivity contribution in [3.63, 3.8) is 0 Å². The third-order valence-electron chi connectivity index (χ3n) is 7.94. The number of para-hydroxylation sites is 1. The van der Waals surface area contributed by atoms with Crippen LogP contribution in [0.25, 0.3) is 17.1 Å². The largest absolute Gasteiger partial charge is 0.573 e. The molecule has 0 aliphatic carbocycles. The van der Waals surface area contributed by atoms with Crippen LogP contribution in [0.15, 0.2) is 84.1 Å². The predicted molar refractivity (Wildman–Crippen MR) is 181 cm³/mol. The van der Waals surface area contributed by atoms with E-state index in [0.717, 1.165) is 53.4 Å². The smallest absolute Gasteiger partial charge is 0.406 e. The number of carbonyl (C=O) groups is 1. The molecule has 1 aliphatic heterocycles. The summed E-state index contributed by atoms with van der Waals surface area (Å²) in [6.45, 7) is 8.55. The maximum absolute atomic E-state index is 13.0. The second kappa shape index (κ2) is 15.1. The molecule has 1 aromatic heterocycles. The number of carbonyl (C=O) groups excluding carboxylic acids is 1. The molecule has 4 aromatic rings. The zero-order valence-electron chi connectivity index (χ0n) is 26.9. The Morgan fingerprint density at radius 3 is 2.49 bits per heavy atom. The van der Waals surface area contributed by atoms with Gasteiger partial charge in [-0.1, -0.05) is 68.1 Å². The molecular formula is C35H39F3N6O2S. The minimum Gasteiger partial charge on any atom is -0.406 e. The number of anilines is 1. The number of rotatable bonds is 10. The third kappa shape index (κ3) is 9.15. The van der Waals surface area contributed by atoms with Gasteiger partial charge in [0.15, 0.2) is 11.0 Å². The van der Waals surface area contributed by atoms with E-state index in [1.165, 1.54) is 40.8 Å². The zero-order chi connectivity index (χ0) is 33.6. The zero-order valence-corrected chi connectivity index (χ0v) is 27.7. The summed E-state index contributed by atoms with van der Waals surface area (Å²) in [5.41, 5.74) is 4.89. The first-order valence-corrected chi connectivity index (χ1v) is 16.7. The minimum absolute atomic E-state index is 0.0317. The second-order valence-electron chi connectivity index (χ2n) is 12.0. The molecule has 2 unspecified atom stereocenters. The molecular weight excluding hydrogens is 625 g/mol. The van der Waals surface area contributed by atoms with Crippen molar-refractivity contribution in [2.75, 3.05) is 10.7 Å². The summed E-state index contributed by atoms with van der Waals surface area (Å²) in [5, 5.41) is 8.26. The number of thioether (sulfide) groups is 1. The van der Waals surface area contributed by atoms with Crippen LogP contribution in [-0.4, -0.2) is 50.2 Å². The van der Waals surface area contributed by atoms with Crippen LogP contribution in [0.4, 0.5) is 23.7 Å². The van der Waals surface area contributed by atoms with Gasteiger partial charge in [-0.2, -0.15) is 4.99 Å². The number of nitrogens with zero attached hydrogens (tertiary/aromatic N) is 5. The molecule has 0 radical (unpaired) electrons. The average molecular weight is 665 g/mol. The van der Waals surface area contributed by atoms with Crippen LogP contribution in [0.2, 0.25) is 0 Å². The number of urea groups is 1. The van der Waals surface area contributed by atoms with Crippen LogP contribution in [-0.2, 0) is 6.42 Å². The van der Waals surface area contributed by atoms with E-state index < -0.39 is 6.36 Å². The molecule has 0 spiro atoms. The number of hydrogen-bond donors (Lipinski definition) is 1. The molecule has 2 atom stereocenters. The summed E-state index contributed by atoms with van der Waals surface area (Å²) >= 11 is 1.63. The first-order valence-electron chi connectivity index (χ1n) is 15.7. The van der Waals surface area contributed by atoms with Crippen LogP contribution in [0.1, 0.15) is 64.0 Å². The standard InChI is InChI=1S/C35H39F3N6O2S/c1-23(2)30-10-5-6-11-31(30)44-25(4)20-21-47-34(44)41-33(45)40-24(3)8-7-9-26-12-14-27(15-13-26)32-39-22-43(42-32)28-16-18-29(19-17-28)46-35(36,37)38/h5-6,10-19,22-25H,7-9,20-21H2,1-4H3,(H,40,45)/b41-34-. The highest BCUT2D eigenvalue weighted by Gasteiger charge is 2.31. The molecule has 8 nitrogen and oxygen atoms in total. The number of amidine groups is 1. The normalized spacial score (nSPS) is 16.8. The van der Waals surface area contributed by atoms with Crippen molar-refractivity contribution in [2.45, 2.75) is 77.7 Å². The summed E-state index contributed by atoms with van der Waals surface area (Å²) < 4.78 is 42.7. The Bertz CT molecular complexity index is 1670. The molecule has 1 fully saturated rings. The number of halogens is 3. The van der Waals surface area contributed by atoms with Crippen LogP contribution in [0.5, 0.6) is 5.75 Å². The van der Waals surface area contributed by atoms with Gasteiger partial charge >= 0.3 is 12.4 Å². The Hall–Kier alpha value is -4.32. The van der Waals surface area contributed by atoms with Gasteiger partial charge in [0.2, 0.25) is 0 Å². The summed E-state index contributed by atoms with van der Waals surface area (Å²) in [5.74, 6) is 1.49. The van der Waals surface area contributed by atoms with Crippen molar-refractivity contribution in [2.24, 2.45) is 4.99 Å². The summed E-state index contributed by atoms with van der Waals surface area (Å²) in [4.78, 5) is 24.1. The Balaban J connectivity index is 1.12. The fraction of sp³-hybridized carbons (Fsp3) is 0.371. The monoisotopic (exact) mass is 664 g/mol. The molecule has 1 N–H and O–H groups in total. The van der Waals surface area contributed by atoms with Gasteiger partial charge in [-0.25, -0.2) is 14.5 Å². The maximum Gasteiger partial charge on any atom is 0.573 e. The first-order chi connectivity index (χ1) is 22.5. The van der Waals surface area contributed by atoms with Crippen molar-refractivity contribution in [1.82, 2.24) is 20.1 Å². The summed E-state index contributed by atoms with van der Waals surface area (Å²) in [7, 11) is 0. The number of aryl methyl sites for hydroxylation is 1.